The Morgan fingerprint density at radius 3 is 2.32 bits per heavy atom. The van der Waals surface area contributed by atoms with Crippen molar-refractivity contribution in [1.82, 2.24) is 15.1 Å². The SMILES string of the molecule is COc1ccc(C(=O)N2CCC3(CCN(C(=O)OC(C)(C)C)C[C@@H]3CO)CC2)cc1N1CCC(=O)NC1=O. The fraction of sp³-hybridized carbons (Fsp3) is 0.630. The Balaban J connectivity index is 1.43. The lowest BCUT2D eigenvalue weighted by atomic mass is 9.64. The van der Waals surface area contributed by atoms with Gasteiger partial charge in [0.05, 0.1) is 12.8 Å². The summed E-state index contributed by atoms with van der Waals surface area (Å²) in [6, 6.07) is 4.43. The third kappa shape index (κ3) is 5.72. The summed E-state index contributed by atoms with van der Waals surface area (Å²) in [4.78, 5) is 54.9. The number of methoxy groups -OCH3 is 1. The number of benzene rings is 1. The van der Waals surface area contributed by atoms with Crippen molar-refractivity contribution in [2.24, 2.45) is 11.3 Å². The minimum absolute atomic E-state index is 0.0323. The van der Waals surface area contributed by atoms with Gasteiger partial charge in [-0.15, -0.1) is 0 Å². The summed E-state index contributed by atoms with van der Waals surface area (Å²) in [5.74, 6) is -0.137. The van der Waals surface area contributed by atoms with E-state index in [-0.39, 0.29) is 48.8 Å². The molecule has 1 aromatic carbocycles. The van der Waals surface area contributed by atoms with E-state index < -0.39 is 11.6 Å². The summed E-state index contributed by atoms with van der Waals surface area (Å²) in [5.41, 5.74) is 0.142. The van der Waals surface area contributed by atoms with E-state index in [9.17, 15) is 24.3 Å². The maximum atomic E-state index is 13.5. The van der Waals surface area contributed by atoms with E-state index >= 15 is 0 Å². The van der Waals surface area contributed by atoms with Crippen LogP contribution in [0.2, 0.25) is 0 Å². The van der Waals surface area contributed by atoms with E-state index in [0.717, 1.165) is 19.3 Å². The van der Waals surface area contributed by atoms with E-state index in [0.29, 0.717) is 43.2 Å². The van der Waals surface area contributed by atoms with Crippen LogP contribution in [-0.4, -0.2) is 90.9 Å². The van der Waals surface area contributed by atoms with Crippen molar-refractivity contribution >= 4 is 29.6 Å². The molecule has 3 heterocycles. The molecule has 0 aromatic heterocycles. The van der Waals surface area contributed by atoms with Crippen molar-refractivity contribution < 1.29 is 33.8 Å². The van der Waals surface area contributed by atoms with Crippen LogP contribution < -0.4 is 15.0 Å². The van der Waals surface area contributed by atoms with Gasteiger partial charge in [-0.25, -0.2) is 9.59 Å². The Labute approximate surface area is 223 Å². The first-order valence-corrected chi connectivity index (χ1v) is 13.1. The lowest BCUT2D eigenvalue weighted by molar-refractivity contribution is -0.120. The second-order valence-corrected chi connectivity index (χ2v) is 11.4. The number of hydrogen-bond acceptors (Lipinski definition) is 7. The molecule has 11 heteroatoms. The Morgan fingerprint density at radius 2 is 1.74 bits per heavy atom. The van der Waals surface area contributed by atoms with Gasteiger partial charge in [0.15, 0.2) is 0 Å². The second-order valence-electron chi connectivity index (χ2n) is 11.4. The minimum Gasteiger partial charge on any atom is -0.495 e. The lowest BCUT2D eigenvalue weighted by Gasteiger charge is -2.51. The van der Waals surface area contributed by atoms with Crippen LogP contribution in [0, 0.1) is 11.3 Å². The number of amides is 5. The molecule has 1 spiro atoms. The third-order valence-corrected chi connectivity index (χ3v) is 7.88. The van der Waals surface area contributed by atoms with Gasteiger partial charge in [0.25, 0.3) is 5.91 Å². The van der Waals surface area contributed by atoms with Crippen molar-refractivity contribution in [2.45, 2.75) is 52.1 Å². The van der Waals surface area contributed by atoms with E-state index in [1.807, 2.05) is 20.8 Å². The molecular formula is C27H38N4O7. The molecule has 0 unspecified atom stereocenters. The number of carbonyl (C=O) groups is 4. The van der Waals surface area contributed by atoms with Crippen molar-refractivity contribution in [3.05, 3.63) is 23.8 Å². The van der Waals surface area contributed by atoms with Gasteiger partial charge in [-0.3, -0.25) is 19.8 Å². The molecule has 4 rings (SSSR count). The molecular weight excluding hydrogens is 492 g/mol. The number of piperidine rings is 2. The van der Waals surface area contributed by atoms with Crippen LogP contribution in [0.15, 0.2) is 18.2 Å². The van der Waals surface area contributed by atoms with E-state index in [1.165, 1.54) is 12.0 Å². The molecule has 5 amide bonds. The van der Waals surface area contributed by atoms with Crippen LogP contribution in [0.25, 0.3) is 0 Å². The average Bonchev–Trinajstić information content (AvgIpc) is 2.87. The molecule has 3 aliphatic heterocycles. The number of ether oxygens (including phenoxy) is 2. The smallest absolute Gasteiger partial charge is 0.410 e. The highest BCUT2D eigenvalue weighted by molar-refractivity contribution is 6.07. The zero-order valence-electron chi connectivity index (χ0n) is 22.6. The van der Waals surface area contributed by atoms with Gasteiger partial charge in [-0.2, -0.15) is 0 Å². The van der Waals surface area contributed by atoms with Gasteiger partial charge in [0.1, 0.15) is 11.4 Å². The van der Waals surface area contributed by atoms with Crippen molar-refractivity contribution in [3.8, 4) is 5.75 Å². The average molecular weight is 531 g/mol. The number of urea groups is 1. The number of anilines is 1. The van der Waals surface area contributed by atoms with E-state index in [2.05, 4.69) is 5.32 Å². The Kier molecular flexibility index (Phi) is 7.87. The normalized spacial score (nSPS) is 21.8. The summed E-state index contributed by atoms with van der Waals surface area (Å²) < 4.78 is 10.9. The lowest BCUT2D eigenvalue weighted by Crippen LogP contribution is -2.55. The van der Waals surface area contributed by atoms with Gasteiger partial charge < -0.3 is 24.4 Å². The topological polar surface area (TPSA) is 129 Å². The molecule has 208 valence electrons. The van der Waals surface area contributed by atoms with Crippen LogP contribution in [0.1, 0.15) is 56.8 Å². The Hall–Kier alpha value is -3.34. The number of imide groups is 1. The van der Waals surface area contributed by atoms with Crippen molar-refractivity contribution in [2.75, 3.05) is 51.3 Å². The minimum atomic E-state index is -0.580. The zero-order valence-corrected chi connectivity index (χ0v) is 22.6. The van der Waals surface area contributed by atoms with Gasteiger partial charge in [-0.1, -0.05) is 0 Å². The van der Waals surface area contributed by atoms with Crippen LogP contribution in [-0.2, 0) is 9.53 Å². The number of rotatable bonds is 4. The van der Waals surface area contributed by atoms with Gasteiger partial charge in [0, 0.05) is 57.2 Å². The molecule has 0 aliphatic carbocycles. The summed E-state index contributed by atoms with van der Waals surface area (Å²) in [6.07, 6.45) is 2.01. The maximum Gasteiger partial charge on any atom is 0.410 e. The predicted molar refractivity (Wildman–Crippen MR) is 139 cm³/mol. The number of carbonyl (C=O) groups excluding carboxylic acids is 4. The molecule has 0 saturated carbocycles. The standard InChI is InChI=1S/C27H38N4O7/c1-26(2,3)38-25(36)30-14-10-27(19(16-30)17-32)8-12-29(13-9-27)23(34)18-5-6-21(37-4)20(15-18)31-11-7-22(33)28-24(31)35/h5-6,15,19,32H,7-14,16-17H2,1-4H3,(H,28,33,35)/t19-/m1/s1. The predicted octanol–water partition coefficient (Wildman–Crippen LogP) is 2.61. The molecule has 0 bridgehead atoms. The molecule has 3 saturated heterocycles. The monoisotopic (exact) mass is 530 g/mol. The Morgan fingerprint density at radius 1 is 1.08 bits per heavy atom. The maximum absolute atomic E-state index is 13.5. The fourth-order valence-corrected chi connectivity index (χ4v) is 5.68. The van der Waals surface area contributed by atoms with Crippen molar-refractivity contribution in [1.29, 1.82) is 0 Å². The molecule has 11 nitrogen and oxygen atoms in total. The molecule has 1 aromatic rings. The van der Waals surface area contributed by atoms with E-state index in [1.54, 1.807) is 28.0 Å². The van der Waals surface area contributed by atoms with Gasteiger partial charge in [0.2, 0.25) is 5.91 Å². The fourth-order valence-electron chi connectivity index (χ4n) is 5.68. The molecule has 3 fully saturated rings. The van der Waals surface area contributed by atoms with Crippen LogP contribution >= 0.6 is 0 Å². The first-order valence-electron chi connectivity index (χ1n) is 13.1. The zero-order chi connectivity index (χ0) is 27.7. The third-order valence-electron chi connectivity index (χ3n) is 7.88. The summed E-state index contributed by atoms with van der Waals surface area (Å²) >= 11 is 0. The van der Waals surface area contributed by atoms with Gasteiger partial charge >= 0.3 is 12.1 Å². The Bertz CT molecular complexity index is 1090. The van der Waals surface area contributed by atoms with Crippen LogP contribution in [0.5, 0.6) is 5.75 Å². The largest absolute Gasteiger partial charge is 0.495 e. The summed E-state index contributed by atoms with van der Waals surface area (Å²) in [5, 5.41) is 12.5. The highest BCUT2D eigenvalue weighted by atomic mass is 16.6. The summed E-state index contributed by atoms with van der Waals surface area (Å²) in [6.45, 7) is 7.72. The highest BCUT2D eigenvalue weighted by Gasteiger charge is 2.46. The molecule has 0 radical (unpaired) electrons. The van der Waals surface area contributed by atoms with Crippen LogP contribution in [0.3, 0.4) is 0 Å². The quantitative estimate of drug-likeness (QED) is 0.612. The second kappa shape index (κ2) is 10.8. The molecule has 3 aliphatic rings. The molecule has 38 heavy (non-hydrogen) atoms. The first kappa shape index (κ1) is 27.7. The highest BCUT2D eigenvalue weighted by Crippen LogP contribution is 2.45. The van der Waals surface area contributed by atoms with E-state index in [4.69, 9.17) is 9.47 Å². The van der Waals surface area contributed by atoms with Crippen molar-refractivity contribution in [3.63, 3.8) is 0 Å². The number of likely N-dealkylation sites (tertiary alicyclic amines) is 2. The number of nitrogens with zero attached hydrogens (tertiary/aromatic N) is 3. The first-order chi connectivity index (χ1) is 18.0. The summed E-state index contributed by atoms with van der Waals surface area (Å²) in [7, 11) is 1.49. The molecule has 1 atom stereocenters. The number of aliphatic hydroxyl groups excluding tert-OH is 1. The van der Waals surface area contributed by atoms with Gasteiger partial charge in [-0.05, 0) is 63.6 Å². The number of aliphatic hydroxyl groups is 1. The number of hydrogen-bond donors (Lipinski definition) is 2. The molecule has 2 N–H and O–H groups in total. The number of nitrogens with one attached hydrogen (secondary N) is 1. The van der Waals surface area contributed by atoms with Crippen LogP contribution in [0.4, 0.5) is 15.3 Å².